The molecule has 0 atom stereocenters. The van der Waals surface area contributed by atoms with E-state index in [1.807, 2.05) is 0 Å². The highest BCUT2D eigenvalue weighted by Gasteiger charge is 2.37. The van der Waals surface area contributed by atoms with E-state index in [4.69, 9.17) is 0 Å². The summed E-state index contributed by atoms with van der Waals surface area (Å²) in [5.41, 5.74) is 22.0. The fourth-order valence-corrected chi connectivity index (χ4v) is 12.8. The number of para-hydroxylation sites is 3. The third-order valence-corrected chi connectivity index (χ3v) is 16.4. The van der Waals surface area contributed by atoms with Gasteiger partial charge in [0, 0.05) is 45.0 Å². The molecule has 0 spiro atoms. The normalized spacial score (nSPS) is 13.6. The van der Waals surface area contributed by atoms with E-state index in [1.54, 1.807) is 0 Å². The Hall–Kier alpha value is -8.98. The van der Waals surface area contributed by atoms with Gasteiger partial charge in [0.15, 0.2) is 0 Å². The van der Waals surface area contributed by atoms with E-state index in [2.05, 4.69) is 292 Å². The van der Waals surface area contributed by atoms with Gasteiger partial charge in [-0.15, -0.1) is 0 Å². The van der Waals surface area contributed by atoms with Crippen molar-refractivity contribution >= 4 is 66.4 Å². The molecule has 0 amide bonds. The van der Waals surface area contributed by atoms with Crippen LogP contribution in [0.4, 0.5) is 34.1 Å². The largest absolute Gasteiger partial charge is 0.310 e. The summed E-state index contributed by atoms with van der Waals surface area (Å²) in [5, 5.41) is 7.26. The Morgan fingerprint density at radius 1 is 0.243 bits per heavy atom. The summed E-state index contributed by atoms with van der Waals surface area (Å²) in [7, 11) is 0. The highest BCUT2D eigenvalue weighted by Crippen LogP contribution is 2.54. The first-order chi connectivity index (χ1) is 36.2. The van der Waals surface area contributed by atoms with Gasteiger partial charge in [-0.05, 0) is 184 Å². The standard InChI is InChI=1S/C72H54N2/c1-71(2)66-31-19-17-29-58(66)62-44-56(37-41-67(62)71)74(53-26-12-7-13-27-53)55-36-40-60-64(46-55)70(50-34-38-59-57-28-16-18-30-65(57)72(3,4)68(59)43-50)61-39-35-54(73(51-22-8-5-9-23-51)52-24-10-6-11-25-52)45-63(61)69(60)49-33-32-47-20-14-15-21-48(47)42-49/h5-46H,1-4H3. The van der Waals surface area contributed by atoms with Crippen LogP contribution in [-0.4, -0.2) is 0 Å². The summed E-state index contributed by atoms with van der Waals surface area (Å²) in [4.78, 5) is 4.85. The second-order valence-electron chi connectivity index (χ2n) is 21.3. The maximum atomic E-state index is 2.51. The monoisotopic (exact) mass is 946 g/mol. The van der Waals surface area contributed by atoms with Crippen LogP contribution in [0.15, 0.2) is 255 Å². The van der Waals surface area contributed by atoms with Crippen LogP contribution in [0, 0.1) is 0 Å². The summed E-state index contributed by atoms with van der Waals surface area (Å²) in [6.07, 6.45) is 0. The second-order valence-corrected chi connectivity index (χ2v) is 21.3. The van der Waals surface area contributed by atoms with E-state index < -0.39 is 0 Å². The molecule has 352 valence electrons. The van der Waals surface area contributed by atoms with Gasteiger partial charge in [-0.1, -0.05) is 198 Å². The smallest absolute Gasteiger partial charge is 0.0468 e. The lowest BCUT2D eigenvalue weighted by Gasteiger charge is -2.29. The van der Waals surface area contributed by atoms with E-state index in [-0.39, 0.29) is 10.8 Å². The molecule has 2 heteroatoms. The highest BCUT2D eigenvalue weighted by molar-refractivity contribution is 6.23. The van der Waals surface area contributed by atoms with Crippen molar-refractivity contribution in [2.75, 3.05) is 9.80 Å². The maximum absolute atomic E-state index is 2.51. The molecule has 2 nitrogen and oxygen atoms in total. The number of fused-ring (bicyclic) bond motifs is 9. The Morgan fingerprint density at radius 3 is 1.23 bits per heavy atom. The molecule has 0 heterocycles. The number of hydrogen-bond donors (Lipinski definition) is 0. The van der Waals surface area contributed by atoms with Crippen molar-refractivity contribution in [3.63, 3.8) is 0 Å². The minimum atomic E-state index is -0.173. The molecule has 12 aromatic carbocycles. The minimum absolute atomic E-state index is 0.0923. The lowest BCUT2D eigenvalue weighted by molar-refractivity contribution is 0.660. The quantitative estimate of drug-likeness (QED) is 0.140. The Balaban J connectivity index is 1.08. The number of nitrogens with zero attached hydrogens (tertiary/aromatic N) is 2. The van der Waals surface area contributed by atoms with Crippen molar-refractivity contribution < 1.29 is 0 Å². The third-order valence-electron chi connectivity index (χ3n) is 16.4. The lowest BCUT2D eigenvalue weighted by Crippen LogP contribution is -2.15. The van der Waals surface area contributed by atoms with Crippen LogP contribution in [0.2, 0.25) is 0 Å². The van der Waals surface area contributed by atoms with E-state index >= 15 is 0 Å². The fourth-order valence-electron chi connectivity index (χ4n) is 12.8. The Bertz CT molecular complexity index is 4150. The average Bonchev–Trinajstić information content (AvgIpc) is 3.82. The van der Waals surface area contributed by atoms with Gasteiger partial charge in [-0.25, -0.2) is 0 Å². The van der Waals surface area contributed by atoms with E-state index in [0.29, 0.717) is 0 Å². The van der Waals surface area contributed by atoms with Gasteiger partial charge >= 0.3 is 0 Å². The van der Waals surface area contributed by atoms with Crippen molar-refractivity contribution in [3.05, 3.63) is 277 Å². The number of benzene rings is 12. The SMILES string of the molecule is CC1(C)c2ccccc2-c2cc(N(c3ccccc3)c3ccc4c(-c5ccc6ccccc6c5)c5cc(N(c6ccccc6)c6ccccc6)ccc5c(-c5ccc6c(c5)C(C)(C)c5ccccc5-6)c4c3)ccc21. The summed E-state index contributed by atoms with van der Waals surface area (Å²) >= 11 is 0. The van der Waals surface area contributed by atoms with Gasteiger partial charge in [-0.2, -0.15) is 0 Å². The van der Waals surface area contributed by atoms with Crippen LogP contribution >= 0.6 is 0 Å². The van der Waals surface area contributed by atoms with Crippen LogP contribution in [0.1, 0.15) is 49.9 Å². The van der Waals surface area contributed by atoms with Crippen LogP contribution < -0.4 is 9.80 Å². The van der Waals surface area contributed by atoms with E-state index in [9.17, 15) is 0 Å². The van der Waals surface area contributed by atoms with Crippen molar-refractivity contribution in [3.8, 4) is 44.5 Å². The molecule has 0 N–H and O–H groups in total. The minimum Gasteiger partial charge on any atom is -0.310 e. The topological polar surface area (TPSA) is 6.48 Å². The lowest BCUT2D eigenvalue weighted by atomic mass is 9.80. The molecular weight excluding hydrogens is 893 g/mol. The van der Waals surface area contributed by atoms with Crippen LogP contribution in [0.5, 0.6) is 0 Å². The van der Waals surface area contributed by atoms with Gasteiger partial charge in [0.05, 0.1) is 0 Å². The Labute approximate surface area is 434 Å². The summed E-state index contributed by atoms with van der Waals surface area (Å²) in [5.74, 6) is 0. The molecule has 0 fully saturated rings. The molecule has 2 aliphatic rings. The van der Waals surface area contributed by atoms with Crippen LogP contribution in [0.3, 0.4) is 0 Å². The number of hydrogen-bond acceptors (Lipinski definition) is 2. The van der Waals surface area contributed by atoms with Gasteiger partial charge in [-0.3, -0.25) is 0 Å². The molecule has 0 aliphatic heterocycles. The van der Waals surface area contributed by atoms with Crippen molar-refractivity contribution in [1.82, 2.24) is 0 Å². The zero-order valence-electron chi connectivity index (χ0n) is 42.1. The highest BCUT2D eigenvalue weighted by atomic mass is 15.1. The Morgan fingerprint density at radius 2 is 0.649 bits per heavy atom. The van der Waals surface area contributed by atoms with Gasteiger partial charge in [0.25, 0.3) is 0 Å². The predicted octanol–water partition coefficient (Wildman–Crippen LogP) is 20.0. The molecule has 0 bridgehead atoms. The summed E-state index contributed by atoms with van der Waals surface area (Å²) < 4.78 is 0. The first-order valence-corrected chi connectivity index (χ1v) is 26.0. The number of anilines is 6. The van der Waals surface area contributed by atoms with Gasteiger partial charge in [0.1, 0.15) is 0 Å². The maximum Gasteiger partial charge on any atom is 0.0468 e. The molecule has 14 rings (SSSR count). The number of rotatable bonds is 8. The first-order valence-electron chi connectivity index (χ1n) is 26.0. The average molecular weight is 947 g/mol. The molecule has 0 unspecified atom stereocenters. The van der Waals surface area contributed by atoms with Crippen molar-refractivity contribution in [1.29, 1.82) is 0 Å². The van der Waals surface area contributed by atoms with Crippen molar-refractivity contribution in [2.45, 2.75) is 38.5 Å². The zero-order chi connectivity index (χ0) is 49.7. The Kier molecular flexibility index (Phi) is 9.94. The molecule has 0 saturated carbocycles. The zero-order valence-corrected chi connectivity index (χ0v) is 42.1. The van der Waals surface area contributed by atoms with Crippen molar-refractivity contribution in [2.24, 2.45) is 0 Å². The summed E-state index contributed by atoms with van der Waals surface area (Å²) in [6.45, 7) is 9.50. The molecule has 12 aromatic rings. The van der Waals surface area contributed by atoms with Crippen LogP contribution in [-0.2, 0) is 10.8 Å². The molecule has 2 aliphatic carbocycles. The molecule has 0 aromatic heterocycles. The molecular formula is C72H54N2. The molecule has 74 heavy (non-hydrogen) atoms. The van der Waals surface area contributed by atoms with Gasteiger partial charge in [0.2, 0.25) is 0 Å². The summed E-state index contributed by atoms with van der Waals surface area (Å²) in [6, 6.07) is 94.9. The predicted molar refractivity (Wildman–Crippen MR) is 314 cm³/mol. The van der Waals surface area contributed by atoms with E-state index in [1.165, 1.54) is 99.1 Å². The van der Waals surface area contributed by atoms with Crippen LogP contribution in [0.25, 0.3) is 76.8 Å². The first kappa shape index (κ1) is 43.8. The fraction of sp³-hybridized carbons (Fsp3) is 0.0833. The molecule has 0 radical (unpaired) electrons. The second kappa shape index (κ2) is 16.8. The third kappa shape index (κ3) is 6.78. The van der Waals surface area contributed by atoms with Gasteiger partial charge < -0.3 is 9.80 Å². The van der Waals surface area contributed by atoms with E-state index in [0.717, 1.165) is 34.1 Å². The molecule has 0 saturated heterocycles.